The van der Waals surface area contributed by atoms with E-state index in [9.17, 15) is 9.67 Å². The van der Waals surface area contributed by atoms with Crippen LogP contribution in [0, 0.1) is 0 Å². The van der Waals surface area contributed by atoms with Crippen molar-refractivity contribution in [2.45, 2.75) is 6.04 Å². The van der Waals surface area contributed by atoms with E-state index < -0.39 is 20.0 Å². The molecule has 5 N–H and O–H groups in total. The highest BCUT2D eigenvalue weighted by Crippen LogP contribution is 2.34. The third-order valence-electron chi connectivity index (χ3n) is 2.92. The van der Waals surface area contributed by atoms with Gasteiger partial charge in [0.05, 0.1) is 25.6 Å². The lowest BCUT2D eigenvalue weighted by Crippen LogP contribution is -2.18. The Balaban J connectivity index is 2.24. The molecule has 126 valence electrons. The predicted octanol–water partition coefficient (Wildman–Crippen LogP) is 0.303. The summed E-state index contributed by atoms with van der Waals surface area (Å²) in [4.78, 5) is 29.4. The van der Waals surface area contributed by atoms with Gasteiger partial charge in [0.2, 0.25) is 5.95 Å². The molecule has 0 aliphatic carbocycles. The average molecular weight is 364 g/mol. The minimum absolute atomic E-state index is 0.0516. The molecule has 0 spiro atoms. The summed E-state index contributed by atoms with van der Waals surface area (Å²) < 4.78 is 17.2. The van der Waals surface area contributed by atoms with Crippen molar-refractivity contribution in [3.8, 4) is 0 Å². The van der Waals surface area contributed by atoms with Crippen LogP contribution in [0.3, 0.4) is 0 Å². The van der Waals surface area contributed by atoms with Gasteiger partial charge in [0.15, 0.2) is 10.8 Å². The minimum Gasteiger partial charge on any atom is -0.394 e. The summed E-state index contributed by atoms with van der Waals surface area (Å²) in [5.41, 5.74) is 6.54. The number of aliphatic hydroxyl groups is 1. The van der Waals surface area contributed by atoms with Gasteiger partial charge in [-0.3, -0.25) is 4.57 Å². The number of fused-ring (bicyclic) bond motifs is 1. The largest absolute Gasteiger partial charge is 0.394 e. The highest BCUT2D eigenvalue weighted by molar-refractivity contribution is 7.51. The van der Waals surface area contributed by atoms with Crippen LogP contribution in [0.25, 0.3) is 11.2 Å². The van der Waals surface area contributed by atoms with E-state index >= 15 is 0 Å². The van der Waals surface area contributed by atoms with Crippen LogP contribution in [0.2, 0.25) is 5.15 Å². The minimum atomic E-state index is -4.27. The van der Waals surface area contributed by atoms with Gasteiger partial charge in [0, 0.05) is 0 Å². The van der Waals surface area contributed by atoms with Crippen LogP contribution in [0.15, 0.2) is 18.5 Å². The lowest BCUT2D eigenvalue weighted by atomic mass is 10.1. The first kappa shape index (κ1) is 17.8. The number of hydrogen-bond acceptors (Lipinski definition) is 7. The molecule has 12 heteroatoms. The Bertz CT molecular complexity index is 775. The van der Waals surface area contributed by atoms with E-state index in [0.29, 0.717) is 16.7 Å². The van der Waals surface area contributed by atoms with Gasteiger partial charge in [0.1, 0.15) is 11.9 Å². The van der Waals surface area contributed by atoms with E-state index in [1.54, 1.807) is 0 Å². The number of aliphatic hydroxyl groups excluding tert-OH is 1. The fourth-order valence-corrected chi connectivity index (χ4v) is 2.48. The summed E-state index contributed by atoms with van der Waals surface area (Å²) in [7, 11) is -4.27. The molecule has 0 amide bonds. The first-order valence-corrected chi connectivity index (χ1v) is 8.47. The van der Waals surface area contributed by atoms with E-state index in [-0.39, 0.29) is 24.3 Å². The van der Waals surface area contributed by atoms with Crippen LogP contribution in [0.5, 0.6) is 0 Å². The average Bonchev–Trinajstić information content (AvgIpc) is 2.82. The Kier molecular flexibility index (Phi) is 5.35. The van der Waals surface area contributed by atoms with Gasteiger partial charge in [0.25, 0.3) is 0 Å². The highest BCUT2D eigenvalue weighted by Gasteiger charge is 2.21. The molecule has 0 saturated heterocycles. The number of nitrogens with two attached hydrogens (primary N) is 1. The van der Waals surface area contributed by atoms with Gasteiger partial charge >= 0.3 is 7.60 Å². The molecule has 10 nitrogen and oxygen atoms in total. The summed E-state index contributed by atoms with van der Waals surface area (Å²) >= 11 is 5.93. The smallest absolute Gasteiger partial charge is 0.350 e. The number of rotatable bonds is 7. The Labute approximate surface area is 135 Å². The third kappa shape index (κ3) is 4.25. The zero-order valence-electron chi connectivity index (χ0n) is 11.8. The number of hydrogen-bond donors (Lipinski definition) is 4. The van der Waals surface area contributed by atoms with Crippen LogP contribution in [-0.4, -0.2) is 54.0 Å². The van der Waals surface area contributed by atoms with Crippen molar-refractivity contribution in [1.82, 2.24) is 19.5 Å². The molecule has 2 aromatic heterocycles. The molecule has 1 atom stereocenters. The second-order valence-corrected chi connectivity index (χ2v) is 6.64. The van der Waals surface area contributed by atoms with E-state index in [0.717, 1.165) is 0 Å². The molecular weight excluding hydrogens is 349 g/mol. The number of imidazole rings is 1. The second-order valence-electron chi connectivity index (χ2n) is 4.70. The zero-order chi connectivity index (χ0) is 17.2. The zero-order valence-corrected chi connectivity index (χ0v) is 13.5. The quantitative estimate of drug-likeness (QED) is 0.308. The molecule has 23 heavy (non-hydrogen) atoms. The molecular formula is C11H15ClN5O5P. The monoisotopic (exact) mass is 363 g/mol. The highest BCUT2D eigenvalue weighted by atomic mass is 35.5. The summed E-state index contributed by atoms with van der Waals surface area (Å²) in [5.74, 6) is -0.0516. The predicted molar refractivity (Wildman–Crippen MR) is 82.9 cm³/mol. The van der Waals surface area contributed by atoms with E-state index in [2.05, 4.69) is 21.5 Å². The van der Waals surface area contributed by atoms with Crippen LogP contribution >= 0.6 is 19.2 Å². The molecule has 0 saturated carbocycles. The Morgan fingerprint density at radius 3 is 2.83 bits per heavy atom. The SMILES string of the molecule is C=C(COCP(=O)(O)O)C(CO)n1cnc2c(Cl)nc(N)nc21. The van der Waals surface area contributed by atoms with Gasteiger partial charge in [-0.2, -0.15) is 9.97 Å². The normalized spacial score (nSPS) is 13.4. The van der Waals surface area contributed by atoms with Gasteiger partial charge in [-0.15, -0.1) is 0 Å². The van der Waals surface area contributed by atoms with Crippen molar-refractivity contribution >= 4 is 36.3 Å². The number of ether oxygens (including phenoxy) is 1. The number of nitrogen functional groups attached to an aromatic ring is 1. The summed E-state index contributed by atoms with van der Waals surface area (Å²) in [5, 5.41) is 9.67. The molecule has 0 bridgehead atoms. The van der Waals surface area contributed by atoms with Crippen molar-refractivity contribution < 1.29 is 24.2 Å². The third-order valence-corrected chi connectivity index (χ3v) is 3.71. The fraction of sp³-hybridized carbons (Fsp3) is 0.364. The van der Waals surface area contributed by atoms with E-state index in [4.69, 9.17) is 31.9 Å². The van der Waals surface area contributed by atoms with Crippen molar-refractivity contribution in [3.63, 3.8) is 0 Å². The number of halogens is 1. The van der Waals surface area contributed by atoms with Crippen molar-refractivity contribution in [2.24, 2.45) is 0 Å². The maximum absolute atomic E-state index is 10.8. The van der Waals surface area contributed by atoms with E-state index in [1.165, 1.54) is 10.9 Å². The molecule has 0 fully saturated rings. The van der Waals surface area contributed by atoms with Gasteiger partial charge < -0.3 is 29.9 Å². The van der Waals surface area contributed by atoms with Crippen LogP contribution in [0.4, 0.5) is 5.95 Å². The summed E-state index contributed by atoms with van der Waals surface area (Å²) in [6, 6.07) is -0.679. The molecule has 0 aliphatic heterocycles. The summed E-state index contributed by atoms with van der Waals surface area (Å²) in [6.45, 7) is 3.24. The van der Waals surface area contributed by atoms with Crippen molar-refractivity contribution in [1.29, 1.82) is 0 Å². The standard InChI is InChI=1S/C11H15ClN5O5P/c1-6(3-22-5-23(19,20)21)7(2-18)17-4-14-8-9(12)15-11(13)16-10(8)17/h4,7,18H,1-3,5H2,(H2,13,15,16)(H2,19,20,21). The first-order chi connectivity index (χ1) is 10.7. The van der Waals surface area contributed by atoms with Crippen LogP contribution < -0.4 is 5.73 Å². The number of aromatic nitrogens is 4. The van der Waals surface area contributed by atoms with Crippen molar-refractivity contribution in [3.05, 3.63) is 23.6 Å². The van der Waals surface area contributed by atoms with Crippen molar-refractivity contribution in [2.75, 3.05) is 25.3 Å². The van der Waals surface area contributed by atoms with Crippen LogP contribution in [0.1, 0.15) is 6.04 Å². The topological polar surface area (TPSA) is 157 Å². The summed E-state index contributed by atoms with van der Waals surface area (Å²) in [6.07, 6.45) is 0.648. The maximum atomic E-state index is 10.8. The Morgan fingerprint density at radius 1 is 1.52 bits per heavy atom. The molecule has 2 heterocycles. The Morgan fingerprint density at radius 2 is 2.22 bits per heavy atom. The Hall–Kier alpha value is -1.55. The van der Waals surface area contributed by atoms with Gasteiger partial charge in [-0.25, -0.2) is 4.98 Å². The fourth-order valence-electron chi connectivity index (χ4n) is 1.93. The number of nitrogens with zero attached hydrogens (tertiary/aromatic N) is 4. The lowest BCUT2D eigenvalue weighted by Gasteiger charge is -2.19. The second kappa shape index (κ2) is 6.91. The molecule has 2 aromatic rings. The van der Waals surface area contributed by atoms with Gasteiger partial charge in [-0.05, 0) is 5.57 Å². The van der Waals surface area contributed by atoms with Crippen LogP contribution in [-0.2, 0) is 9.30 Å². The van der Waals surface area contributed by atoms with E-state index in [1.807, 2.05) is 0 Å². The number of anilines is 1. The molecule has 0 aromatic carbocycles. The maximum Gasteiger partial charge on any atom is 0.350 e. The first-order valence-electron chi connectivity index (χ1n) is 6.29. The molecule has 0 radical (unpaired) electrons. The molecule has 2 rings (SSSR count). The molecule has 1 unspecified atom stereocenters. The van der Waals surface area contributed by atoms with Gasteiger partial charge in [-0.1, -0.05) is 18.2 Å². The molecule has 0 aliphatic rings. The lowest BCUT2D eigenvalue weighted by molar-refractivity contribution is 0.163.